The first-order chi connectivity index (χ1) is 7.65. The fourth-order valence-electron chi connectivity index (χ4n) is 1.32. The van der Waals surface area contributed by atoms with Crippen molar-refractivity contribution in [3.63, 3.8) is 0 Å². The Kier molecular flexibility index (Phi) is 5.32. The zero-order valence-corrected chi connectivity index (χ0v) is 10.7. The maximum absolute atomic E-state index is 11.0. The molecule has 0 heterocycles. The van der Waals surface area contributed by atoms with Crippen LogP contribution in [0.4, 0.5) is 0 Å². The molecule has 1 unspecified atom stereocenters. The smallest absolute Gasteiger partial charge is 0.344 e. The van der Waals surface area contributed by atoms with Crippen molar-refractivity contribution in [1.29, 1.82) is 0 Å². The fraction of sp³-hybridized carbons (Fsp3) is 0.417. The molecule has 88 valence electrons. The molecule has 16 heavy (non-hydrogen) atoms. The van der Waals surface area contributed by atoms with Crippen LogP contribution in [0, 0.1) is 0 Å². The molecule has 0 saturated heterocycles. The Balaban J connectivity index is 2.68. The Morgan fingerprint density at radius 1 is 1.50 bits per heavy atom. The molecule has 0 spiro atoms. The van der Waals surface area contributed by atoms with E-state index in [4.69, 9.17) is 9.84 Å². The van der Waals surface area contributed by atoms with Crippen molar-refractivity contribution in [1.82, 2.24) is 0 Å². The van der Waals surface area contributed by atoms with Gasteiger partial charge in [0.25, 0.3) is 0 Å². The molecular weight excluding hydrogens is 272 g/mol. The lowest BCUT2D eigenvalue weighted by Crippen LogP contribution is -2.26. The van der Waals surface area contributed by atoms with Gasteiger partial charge in [-0.05, 0) is 40.9 Å². The highest BCUT2D eigenvalue weighted by Crippen LogP contribution is 2.25. The van der Waals surface area contributed by atoms with E-state index in [1.807, 2.05) is 25.1 Å². The molecular formula is C12H15BrO3. The third-order valence-electron chi connectivity index (χ3n) is 2.20. The molecule has 0 saturated carbocycles. The van der Waals surface area contributed by atoms with E-state index < -0.39 is 12.1 Å². The van der Waals surface area contributed by atoms with Crippen molar-refractivity contribution >= 4 is 21.9 Å². The number of aliphatic carboxylic acids is 1. The first-order valence-electron chi connectivity index (χ1n) is 5.29. The van der Waals surface area contributed by atoms with Gasteiger partial charge in [0.05, 0.1) is 4.47 Å². The van der Waals surface area contributed by atoms with Crippen molar-refractivity contribution in [3.05, 3.63) is 28.7 Å². The van der Waals surface area contributed by atoms with Gasteiger partial charge < -0.3 is 9.84 Å². The van der Waals surface area contributed by atoms with Crippen molar-refractivity contribution in [2.75, 3.05) is 0 Å². The summed E-state index contributed by atoms with van der Waals surface area (Å²) in [5.74, 6) is -0.338. The van der Waals surface area contributed by atoms with Crippen molar-refractivity contribution in [2.24, 2.45) is 0 Å². The molecule has 0 aliphatic heterocycles. The first kappa shape index (κ1) is 13.0. The normalized spacial score (nSPS) is 12.1. The highest BCUT2D eigenvalue weighted by atomic mass is 79.9. The molecule has 0 aliphatic carbocycles. The summed E-state index contributed by atoms with van der Waals surface area (Å²) in [6, 6.07) is 7.26. The van der Waals surface area contributed by atoms with E-state index in [2.05, 4.69) is 15.9 Å². The summed E-state index contributed by atoms with van der Waals surface area (Å²) in [7, 11) is 0. The summed E-state index contributed by atoms with van der Waals surface area (Å²) >= 11 is 3.32. The largest absolute Gasteiger partial charge is 0.479 e. The molecule has 1 atom stereocenters. The van der Waals surface area contributed by atoms with Crippen LogP contribution in [0.2, 0.25) is 0 Å². The summed E-state index contributed by atoms with van der Waals surface area (Å²) in [5, 5.41) is 9.01. The molecule has 4 heteroatoms. The molecule has 0 fully saturated rings. The number of para-hydroxylation sites is 1. The lowest BCUT2D eigenvalue weighted by molar-refractivity contribution is -0.145. The summed E-state index contributed by atoms with van der Waals surface area (Å²) in [4.78, 5) is 11.0. The van der Waals surface area contributed by atoms with Crippen LogP contribution in [0.5, 0.6) is 5.75 Å². The quantitative estimate of drug-likeness (QED) is 0.871. The zero-order chi connectivity index (χ0) is 12.0. The van der Waals surface area contributed by atoms with Gasteiger partial charge in [0.15, 0.2) is 6.10 Å². The number of benzene rings is 1. The third kappa shape index (κ3) is 3.85. The van der Waals surface area contributed by atoms with Crippen LogP contribution in [-0.2, 0) is 4.79 Å². The number of ether oxygens (including phenoxy) is 1. The van der Waals surface area contributed by atoms with Gasteiger partial charge in [-0.3, -0.25) is 0 Å². The van der Waals surface area contributed by atoms with Gasteiger partial charge in [0.1, 0.15) is 5.75 Å². The van der Waals surface area contributed by atoms with Gasteiger partial charge in [-0.15, -0.1) is 0 Å². The van der Waals surface area contributed by atoms with E-state index in [1.54, 1.807) is 6.07 Å². The van der Waals surface area contributed by atoms with Crippen LogP contribution >= 0.6 is 15.9 Å². The second kappa shape index (κ2) is 6.53. The third-order valence-corrected chi connectivity index (χ3v) is 2.86. The van der Waals surface area contributed by atoms with E-state index in [0.29, 0.717) is 12.2 Å². The molecule has 0 amide bonds. The van der Waals surface area contributed by atoms with E-state index in [1.165, 1.54) is 0 Å². The molecule has 1 N–H and O–H groups in total. The highest BCUT2D eigenvalue weighted by Gasteiger charge is 2.19. The summed E-state index contributed by atoms with van der Waals surface area (Å²) in [6.45, 7) is 2.03. The van der Waals surface area contributed by atoms with Gasteiger partial charge in [-0.1, -0.05) is 25.5 Å². The zero-order valence-electron chi connectivity index (χ0n) is 9.15. The molecule has 0 radical (unpaired) electrons. The Bertz CT molecular complexity index is 352. The second-order valence-corrected chi connectivity index (χ2v) is 4.37. The average molecular weight is 287 g/mol. The highest BCUT2D eigenvalue weighted by molar-refractivity contribution is 9.10. The minimum atomic E-state index is -0.913. The maximum Gasteiger partial charge on any atom is 0.344 e. The Hall–Kier alpha value is -1.03. The predicted molar refractivity (Wildman–Crippen MR) is 65.7 cm³/mol. The number of rotatable bonds is 6. The number of hydrogen-bond donors (Lipinski definition) is 1. The summed E-state index contributed by atoms with van der Waals surface area (Å²) in [6.07, 6.45) is 1.58. The minimum Gasteiger partial charge on any atom is -0.479 e. The van der Waals surface area contributed by atoms with Gasteiger partial charge in [0.2, 0.25) is 0 Å². The van der Waals surface area contributed by atoms with Crippen LogP contribution in [0.15, 0.2) is 28.7 Å². The number of unbranched alkanes of at least 4 members (excludes halogenated alkanes) is 1. The predicted octanol–water partition coefficient (Wildman–Crippen LogP) is 3.47. The second-order valence-electron chi connectivity index (χ2n) is 3.52. The first-order valence-corrected chi connectivity index (χ1v) is 6.08. The van der Waals surface area contributed by atoms with Crippen molar-refractivity contribution < 1.29 is 14.6 Å². The van der Waals surface area contributed by atoms with Crippen LogP contribution in [0.25, 0.3) is 0 Å². The average Bonchev–Trinajstić information content (AvgIpc) is 2.26. The Morgan fingerprint density at radius 2 is 2.19 bits per heavy atom. The molecule has 1 rings (SSSR count). The van der Waals surface area contributed by atoms with E-state index >= 15 is 0 Å². The molecule has 0 aromatic heterocycles. The summed E-state index contributed by atoms with van der Waals surface area (Å²) < 4.78 is 6.24. The van der Waals surface area contributed by atoms with Crippen molar-refractivity contribution in [3.8, 4) is 5.75 Å². The Morgan fingerprint density at radius 3 is 2.75 bits per heavy atom. The van der Waals surface area contributed by atoms with E-state index in [9.17, 15) is 4.79 Å². The number of hydrogen-bond acceptors (Lipinski definition) is 2. The summed E-state index contributed by atoms with van der Waals surface area (Å²) in [5.41, 5.74) is 0. The lowest BCUT2D eigenvalue weighted by Gasteiger charge is -2.15. The van der Waals surface area contributed by atoms with Gasteiger partial charge >= 0.3 is 5.97 Å². The lowest BCUT2D eigenvalue weighted by atomic mass is 10.1. The molecule has 0 aliphatic rings. The number of halogens is 1. The monoisotopic (exact) mass is 286 g/mol. The standard InChI is InChI=1S/C12H15BrO3/c1-2-3-7-11(12(14)15)16-10-8-5-4-6-9(10)13/h4-6,8,11H,2-3,7H2,1H3,(H,14,15). The van der Waals surface area contributed by atoms with Crippen LogP contribution in [0.3, 0.4) is 0 Å². The van der Waals surface area contributed by atoms with Crippen LogP contribution < -0.4 is 4.74 Å². The molecule has 1 aromatic carbocycles. The minimum absolute atomic E-state index is 0.535. The molecule has 1 aromatic rings. The molecule has 3 nitrogen and oxygen atoms in total. The number of carboxylic acid groups (broad SMARTS) is 1. The molecule has 0 bridgehead atoms. The fourth-order valence-corrected chi connectivity index (χ4v) is 1.69. The maximum atomic E-state index is 11.0. The topological polar surface area (TPSA) is 46.5 Å². The van der Waals surface area contributed by atoms with Crippen molar-refractivity contribution in [2.45, 2.75) is 32.3 Å². The van der Waals surface area contributed by atoms with E-state index in [-0.39, 0.29) is 0 Å². The number of carboxylic acids is 1. The SMILES string of the molecule is CCCCC(Oc1ccccc1Br)C(=O)O. The van der Waals surface area contributed by atoms with Gasteiger partial charge in [-0.25, -0.2) is 4.79 Å². The van der Waals surface area contributed by atoms with Crippen LogP contribution in [-0.4, -0.2) is 17.2 Å². The van der Waals surface area contributed by atoms with E-state index in [0.717, 1.165) is 17.3 Å². The van der Waals surface area contributed by atoms with Crippen LogP contribution in [0.1, 0.15) is 26.2 Å². The number of carbonyl (C=O) groups is 1. The Labute approximate surface area is 104 Å². The van der Waals surface area contributed by atoms with Gasteiger partial charge in [-0.2, -0.15) is 0 Å². The van der Waals surface area contributed by atoms with Gasteiger partial charge in [0, 0.05) is 0 Å².